The van der Waals surface area contributed by atoms with Crippen LogP contribution in [0.25, 0.3) is 16.6 Å². The predicted octanol–water partition coefficient (Wildman–Crippen LogP) is 5.55. The minimum absolute atomic E-state index is 0.0914. The number of carbonyl (C=O) groups excluding carboxylic acids is 1. The molecule has 0 bridgehead atoms. The summed E-state index contributed by atoms with van der Waals surface area (Å²) in [4.78, 5) is 34.5. The number of nitrogens with zero attached hydrogens (tertiary/aromatic N) is 3. The Morgan fingerprint density at radius 3 is 2.44 bits per heavy atom. The topological polar surface area (TPSA) is 64.4 Å². The highest BCUT2D eigenvalue weighted by Crippen LogP contribution is 2.27. The molecule has 3 aromatic carbocycles. The molecule has 1 unspecified atom stereocenters. The van der Waals surface area contributed by atoms with E-state index in [1.54, 1.807) is 22.6 Å². The summed E-state index contributed by atoms with van der Waals surface area (Å²) < 4.78 is 6.95. The summed E-state index contributed by atoms with van der Waals surface area (Å²) in [6.07, 6.45) is 0.667. The molecule has 1 amide bonds. The van der Waals surface area contributed by atoms with Gasteiger partial charge in [0.25, 0.3) is 11.5 Å². The van der Waals surface area contributed by atoms with E-state index in [0.717, 1.165) is 22.4 Å². The number of rotatable bonds is 8. The van der Waals surface area contributed by atoms with Crippen LogP contribution in [-0.4, -0.2) is 40.6 Å². The maximum absolute atomic E-state index is 13.9. The molecule has 0 spiro atoms. The highest BCUT2D eigenvalue weighted by atomic mass is 16.5. The second-order valence-electron chi connectivity index (χ2n) is 9.25. The number of hydrogen-bond donors (Lipinski definition) is 0. The summed E-state index contributed by atoms with van der Waals surface area (Å²) >= 11 is 0. The normalized spacial score (nSPS) is 12.0. The fourth-order valence-corrected chi connectivity index (χ4v) is 4.68. The lowest BCUT2D eigenvalue weighted by Gasteiger charge is -2.31. The number of amides is 1. The van der Waals surface area contributed by atoms with Gasteiger partial charge in [0.2, 0.25) is 0 Å². The van der Waals surface area contributed by atoms with E-state index in [9.17, 15) is 9.59 Å². The number of ether oxygens (including phenoxy) is 1. The van der Waals surface area contributed by atoms with Gasteiger partial charge in [0.05, 0.1) is 22.6 Å². The number of hydrogen-bond acceptors (Lipinski definition) is 4. The maximum Gasteiger partial charge on any atom is 0.266 e. The summed E-state index contributed by atoms with van der Waals surface area (Å²) in [6, 6.07) is 20.5. The van der Waals surface area contributed by atoms with E-state index in [2.05, 4.69) is 6.07 Å². The van der Waals surface area contributed by atoms with Crippen molar-refractivity contribution in [1.82, 2.24) is 14.5 Å². The molecule has 0 saturated heterocycles. The van der Waals surface area contributed by atoms with E-state index in [1.807, 2.05) is 82.3 Å². The molecule has 4 aromatic rings. The molecule has 186 valence electrons. The van der Waals surface area contributed by atoms with Gasteiger partial charge >= 0.3 is 0 Å². The number of methoxy groups -OCH3 is 1. The Morgan fingerprint density at radius 2 is 1.72 bits per heavy atom. The molecule has 4 rings (SSSR count). The first-order chi connectivity index (χ1) is 17.3. The summed E-state index contributed by atoms with van der Waals surface area (Å²) in [7, 11) is 1.65. The fraction of sp³-hybridized carbons (Fsp3) is 0.300. The van der Waals surface area contributed by atoms with Crippen LogP contribution in [0.4, 0.5) is 0 Å². The van der Waals surface area contributed by atoms with Crippen LogP contribution >= 0.6 is 0 Å². The highest BCUT2D eigenvalue weighted by Gasteiger charge is 2.28. The van der Waals surface area contributed by atoms with E-state index in [-0.39, 0.29) is 11.5 Å². The Morgan fingerprint density at radius 1 is 1.00 bits per heavy atom. The van der Waals surface area contributed by atoms with Crippen LogP contribution in [-0.2, 0) is 4.74 Å². The Bertz CT molecular complexity index is 1460. The van der Waals surface area contributed by atoms with Crippen molar-refractivity contribution in [3.05, 3.63) is 105 Å². The molecule has 0 saturated carbocycles. The minimum Gasteiger partial charge on any atom is -0.385 e. The molecule has 1 aromatic heterocycles. The molecule has 1 atom stereocenters. The zero-order chi connectivity index (χ0) is 25.8. The third kappa shape index (κ3) is 4.95. The largest absolute Gasteiger partial charge is 0.385 e. The second-order valence-corrected chi connectivity index (χ2v) is 9.25. The molecule has 6 heteroatoms. The molecule has 6 nitrogen and oxygen atoms in total. The SMILES string of the molecule is COCCCN(C(=O)c1ccccc1C)C(C)c1nc2ccccc2c(=O)n1-c1ccc(C)cc1C. The van der Waals surface area contributed by atoms with Crippen molar-refractivity contribution in [2.24, 2.45) is 0 Å². The Kier molecular flexibility index (Phi) is 7.65. The summed E-state index contributed by atoms with van der Waals surface area (Å²) in [5.74, 6) is 0.441. The predicted molar refractivity (Wildman–Crippen MR) is 144 cm³/mol. The Balaban J connectivity index is 1.92. The molecule has 1 heterocycles. The fourth-order valence-electron chi connectivity index (χ4n) is 4.68. The molecule has 0 radical (unpaired) electrons. The second kappa shape index (κ2) is 10.9. The average Bonchev–Trinajstić information content (AvgIpc) is 2.87. The lowest BCUT2D eigenvalue weighted by atomic mass is 10.1. The summed E-state index contributed by atoms with van der Waals surface area (Å²) in [6.45, 7) is 8.90. The van der Waals surface area contributed by atoms with Gasteiger partial charge in [-0.25, -0.2) is 4.98 Å². The summed E-state index contributed by atoms with van der Waals surface area (Å²) in [5.41, 5.74) is 4.88. The van der Waals surface area contributed by atoms with E-state index in [4.69, 9.17) is 9.72 Å². The molecule has 0 fully saturated rings. The molecule has 0 aliphatic rings. The zero-order valence-electron chi connectivity index (χ0n) is 21.6. The van der Waals surface area contributed by atoms with Crippen LogP contribution in [0.15, 0.2) is 71.5 Å². The first-order valence-corrected chi connectivity index (χ1v) is 12.3. The van der Waals surface area contributed by atoms with Crippen molar-refractivity contribution >= 4 is 16.8 Å². The number of aryl methyl sites for hydroxylation is 3. The molecular weight excluding hydrogens is 450 g/mol. The monoisotopic (exact) mass is 483 g/mol. The number of fused-ring (bicyclic) bond motifs is 1. The average molecular weight is 484 g/mol. The van der Waals surface area contributed by atoms with Gasteiger partial charge in [-0.3, -0.25) is 14.2 Å². The van der Waals surface area contributed by atoms with Crippen LogP contribution in [0.1, 0.15) is 52.3 Å². The number of aromatic nitrogens is 2. The van der Waals surface area contributed by atoms with Gasteiger partial charge in [0.1, 0.15) is 5.82 Å². The van der Waals surface area contributed by atoms with E-state index >= 15 is 0 Å². The van der Waals surface area contributed by atoms with Gasteiger partial charge < -0.3 is 9.64 Å². The standard InChI is InChI=1S/C30H33N3O3/c1-20-15-16-27(22(3)19-20)33-28(31-26-14-9-8-13-25(26)30(33)35)23(4)32(17-10-18-36-5)29(34)24-12-7-6-11-21(24)2/h6-9,11-16,19,23H,10,17-18H2,1-5H3. The van der Waals surface area contributed by atoms with Crippen molar-refractivity contribution in [2.45, 2.75) is 40.2 Å². The van der Waals surface area contributed by atoms with Crippen LogP contribution < -0.4 is 5.56 Å². The van der Waals surface area contributed by atoms with Gasteiger partial charge in [0.15, 0.2) is 0 Å². The van der Waals surface area contributed by atoms with E-state index in [0.29, 0.717) is 41.9 Å². The Hall–Kier alpha value is -3.77. The minimum atomic E-state index is -0.466. The quantitative estimate of drug-likeness (QED) is 0.308. The van der Waals surface area contributed by atoms with Gasteiger partial charge in [-0.1, -0.05) is 48.0 Å². The van der Waals surface area contributed by atoms with Crippen LogP contribution in [0.3, 0.4) is 0 Å². The Labute approximate surface area is 212 Å². The van der Waals surface area contributed by atoms with Crippen molar-refractivity contribution in [1.29, 1.82) is 0 Å². The summed E-state index contributed by atoms with van der Waals surface area (Å²) in [5, 5.41) is 0.546. The molecule has 36 heavy (non-hydrogen) atoms. The number of carbonyl (C=O) groups is 1. The first-order valence-electron chi connectivity index (χ1n) is 12.3. The highest BCUT2D eigenvalue weighted by molar-refractivity contribution is 5.96. The lowest BCUT2D eigenvalue weighted by molar-refractivity contribution is 0.0657. The van der Waals surface area contributed by atoms with Crippen molar-refractivity contribution in [2.75, 3.05) is 20.3 Å². The van der Waals surface area contributed by atoms with Gasteiger partial charge in [-0.2, -0.15) is 0 Å². The molecule has 0 aliphatic carbocycles. The van der Waals surface area contributed by atoms with Gasteiger partial charge in [0, 0.05) is 25.8 Å². The van der Waals surface area contributed by atoms with Crippen LogP contribution in [0.2, 0.25) is 0 Å². The van der Waals surface area contributed by atoms with Gasteiger partial charge in [-0.05, 0) is 69.5 Å². The first kappa shape index (κ1) is 25.3. The zero-order valence-corrected chi connectivity index (χ0v) is 21.6. The maximum atomic E-state index is 13.9. The van der Waals surface area contributed by atoms with Crippen molar-refractivity contribution < 1.29 is 9.53 Å². The third-order valence-corrected chi connectivity index (χ3v) is 6.62. The van der Waals surface area contributed by atoms with Crippen molar-refractivity contribution in [3.8, 4) is 5.69 Å². The molecule has 0 aliphatic heterocycles. The third-order valence-electron chi connectivity index (χ3n) is 6.62. The van der Waals surface area contributed by atoms with E-state index < -0.39 is 6.04 Å². The van der Waals surface area contributed by atoms with Crippen molar-refractivity contribution in [3.63, 3.8) is 0 Å². The molecular formula is C30H33N3O3. The number of benzene rings is 3. The number of para-hydroxylation sites is 1. The lowest BCUT2D eigenvalue weighted by Crippen LogP contribution is -2.38. The van der Waals surface area contributed by atoms with Crippen LogP contribution in [0.5, 0.6) is 0 Å². The van der Waals surface area contributed by atoms with E-state index in [1.165, 1.54) is 0 Å². The van der Waals surface area contributed by atoms with Crippen LogP contribution in [0, 0.1) is 20.8 Å². The molecule has 0 N–H and O–H groups in total. The van der Waals surface area contributed by atoms with Gasteiger partial charge in [-0.15, -0.1) is 0 Å². The smallest absolute Gasteiger partial charge is 0.266 e.